The van der Waals surface area contributed by atoms with Crippen LogP contribution in [-0.2, 0) is 12.4 Å². The largest absolute Gasteiger partial charge is 0.573 e. The molecule has 0 aromatic heterocycles. The molecule has 0 saturated heterocycles. The summed E-state index contributed by atoms with van der Waals surface area (Å²) < 4.78 is 136. The molecule has 0 fully saturated rings. The van der Waals surface area contributed by atoms with Crippen LogP contribution in [0.3, 0.4) is 0 Å². The Balaban J connectivity index is 2.13. The fraction of sp³-hybridized carbons (Fsp3) is 0.111. The molecule has 0 heterocycles. The number of rotatable bonds is 3. The summed E-state index contributed by atoms with van der Waals surface area (Å²) >= 11 is 0. The van der Waals surface area contributed by atoms with Crippen molar-refractivity contribution in [3.05, 3.63) is 144 Å². The van der Waals surface area contributed by atoms with Gasteiger partial charge in [-0.3, -0.25) is 0 Å². The number of benzene rings is 3. The predicted molar refractivity (Wildman–Crippen MR) is 165 cm³/mol. The van der Waals surface area contributed by atoms with Gasteiger partial charge in [0.25, 0.3) is 11.4 Å². The first-order chi connectivity index (χ1) is 24.4. The van der Waals surface area contributed by atoms with Crippen LogP contribution in [0.5, 0.6) is 5.75 Å². The Hall–Kier alpha value is -7.27. The highest BCUT2D eigenvalue weighted by molar-refractivity contribution is 6.30. The van der Waals surface area contributed by atoms with Gasteiger partial charge in [0.15, 0.2) is 0 Å². The van der Waals surface area contributed by atoms with Crippen LogP contribution >= 0.6 is 0 Å². The van der Waals surface area contributed by atoms with E-state index in [1.807, 2.05) is 0 Å². The van der Waals surface area contributed by atoms with Crippen LogP contribution in [0.25, 0.3) is 48.1 Å². The smallest absolute Gasteiger partial charge is 0.406 e. The third-order valence-electron chi connectivity index (χ3n) is 7.89. The van der Waals surface area contributed by atoms with Crippen molar-refractivity contribution in [1.29, 1.82) is 15.8 Å². The van der Waals surface area contributed by atoms with Crippen LogP contribution in [-0.4, -0.2) is 6.36 Å². The first-order valence-electron chi connectivity index (χ1n) is 14.0. The fourth-order valence-electron chi connectivity index (χ4n) is 6.13. The van der Waals surface area contributed by atoms with Gasteiger partial charge in [0, 0.05) is 16.7 Å². The topological polar surface area (TPSA) is 93.7 Å². The van der Waals surface area contributed by atoms with Gasteiger partial charge in [0.2, 0.25) is 5.70 Å². The zero-order valence-electron chi connectivity index (χ0n) is 25.6. The monoisotopic (exact) mass is 714 g/mol. The summed E-state index contributed by atoms with van der Waals surface area (Å²) in [6, 6.07) is 12.4. The maximum atomic E-state index is 15.6. The lowest BCUT2D eigenvalue weighted by Crippen LogP contribution is -2.20. The summed E-state index contributed by atoms with van der Waals surface area (Å²) in [5.41, 5.74) is -17.9. The number of nitriles is 3. The number of hydrogen-bond donors (Lipinski definition) is 0. The number of allylic oxidation sites excluding steroid dienone is 7. The average Bonchev–Trinajstić information content (AvgIpc) is 3.56. The second-order valence-corrected chi connectivity index (χ2v) is 10.8. The highest BCUT2D eigenvalue weighted by Gasteiger charge is 2.53. The molecule has 3 aromatic rings. The minimum absolute atomic E-state index is 0.131. The summed E-state index contributed by atoms with van der Waals surface area (Å²) in [5, 5.41) is 30.2. The number of aryl methyl sites for hydroxylation is 1. The lowest BCUT2D eigenvalue weighted by Gasteiger charge is -2.25. The minimum Gasteiger partial charge on any atom is -0.406 e. The molecule has 0 radical (unpaired) electrons. The third kappa shape index (κ3) is 5.75. The molecule has 0 unspecified atom stereocenters. The van der Waals surface area contributed by atoms with Crippen LogP contribution in [0.15, 0.2) is 59.9 Å². The molecular formula is C36H11F9N6O. The van der Waals surface area contributed by atoms with Crippen LogP contribution in [0.2, 0.25) is 0 Å². The van der Waals surface area contributed by atoms with Gasteiger partial charge in [-0.15, -0.1) is 13.2 Å². The first kappa shape index (κ1) is 36.0. The molecular weight excluding hydrogens is 703 g/mol. The van der Waals surface area contributed by atoms with Crippen molar-refractivity contribution in [2.24, 2.45) is 0 Å². The van der Waals surface area contributed by atoms with Crippen LogP contribution in [0, 0.1) is 60.6 Å². The molecule has 7 nitrogen and oxygen atoms in total. The molecule has 2 aliphatic rings. The molecule has 0 saturated carbocycles. The molecule has 3 aromatic carbocycles. The second kappa shape index (κ2) is 12.6. The van der Waals surface area contributed by atoms with Crippen molar-refractivity contribution in [3.8, 4) is 24.0 Å². The molecule has 2 aliphatic carbocycles. The van der Waals surface area contributed by atoms with Gasteiger partial charge < -0.3 is 4.74 Å². The van der Waals surface area contributed by atoms with E-state index in [-0.39, 0.29) is 5.56 Å². The van der Waals surface area contributed by atoms with Crippen molar-refractivity contribution in [1.82, 2.24) is 0 Å². The fourth-order valence-corrected chi connectivity index (χ4v) is 6.13. The Morgan fingerprint density at radius 3 is 1.50 bits per heavy atom. The van der Waals surface area contributed by atoms with Gasteiger partial charge in [-0.05, 0) is 58.0 Å². The lowest BCUT2D eigenvalue weighted by atomic mass is 9.82. The van der Waals surface area contributed by atoms with Crippen LogP contribution in [0.1, 0.15) is 50.1 Å². The van der Waals surface area contributed by atoms with E-state index in [0.717, 1.165) is 12.1 Å². The Kier molecular flexibility index (Phi) is 8.70. The summed E-state index contributed by atoms with van der Waals surface area (Å²) in [5.74, 6) is -0.860. The molecule has 0 aliphatic heterocycles. The lowest BCUT2D eigenvalue weighted by molar-refractivity contribution is -0.274. The third-order valence-corrected chi connectivity index (χ3v) is 7.89. The van der Waals surface area contributed by atoms with E-state index in [0.29, 0.717) is 17.7 Å². The summed E-state index contributed by atoms with van der Waals surface area (Å²) in [6.07, 6.45) is -16.6. The van der Waals surface area contributed by atoms with Gasteiger partial charge in [-0.1, -0.05) is 42.0 Å². The maximum absolute atomic E-state index is 15.6. The molecule has 0 N–H and O–H groups in total. The molecule has 52 heavy (non-hydrogen) atoms. The van der Waals surface area contributed by atoms with Crippen molar-refractivity contribution < 1.29 is 44.3 Å². The van der Waals surface area contributed by atoms with E-state index in [9.17, 15) is 29.0 Å². The van der Waals surface area contributed by atoms with E-state index in [1.54, 1.807) is 6.92 Å². The second-order valence-electron chi connectivity index (χ2n) is 10.8. The molecule has 0 spiro atoms. The van der Waals surface area contributed by atoms with Gasteiger partial charge in [-0.2, -0.15) is 31.6 Å². The van der Waals surface area contributed by atoms with E-state index in [2.05, 4.69) is 19.3 Å². The number of alkyl halides is 9. The number of fused-ring (bicyclic) bond motifs is 2. The van der Waals surface area contributed by atoms with Gasteiger partial charge in [-0.25, -0.2) is 25.1 Å². The molecule has 254 valence electrons. The standard InChI is InChI=1S/C36H11F9N6O/c1-16-5-7-18(8-6-16)24-27(22(15-48)50-3)29-30(33(24)51-4)32(35(40,41)42)28-25(31(29)34(37,38)39)20(13-46)23(26(28)21(14-47)49-2)17-9-11-19(12-10-17)52-36(43,44)45/h5-12H,1H3/b26-21-,27-22+. The molecule has 5 rings (SSSR count). The maximum Gasteiger partial charge on any atom is 0.573 e. The van der Waals surface area contributed by atoms with Gasteiger partial charge >= 0.3 is 18.7 Å². The van der Waals surface area contributed by atoms with Crippen LogP contribution < -0.4 is 4.74 Å². The summed E-state index contributed by atoms with van der Waals surface area (Å²) in [4.78, 5) is 9.10. The van der Waals surface area contributed by atoms with Crippen LogP contribution in [0.4, 0.5) is 39.5 Å². The van der Waals surface area contributed by atoms with E-state index in [4.69, 9.17) is 19.7 Å². The normalized spacial score (nSPS) is 15.7. The van der Waals surface area contributed by atoms with E-state index >= 15 is 26.3 Å². The van der Waals surface area contributed by atoms with Crippen molar-refractivity contribution >= 4 is 33.6 Å². The van der Waals surface area contributed by atoms with Gasteiger partial charge in [0.05, 0.1) is 48.6 Å². The predicted octanol–water partition coefficient (Wildman–Crippen LogP) is 10.5. The Morgan fingerprint density at radius 1 is 0.635 bits per heavy atom. The quantitative estimate of drug-likeness (QED) is 0.153. The highest BCUT2D eigenvalue weighted by atomic mass is 19.4. The Morgan fingerprint density at radius 2 is 1.08 bits per heavy atom. The zero-order chi connectivity index (χ0) is 38.5. The zero-order valence-corrected chi connectivity index (χ0v) is 25.6. The Labute approximate surface area is 287 Å². The molecule has 0 amide bonds. The van der Waals surface area contributed by atoms with Gasteiger partial charge in [0.1, 0.15) is 11.8 Å². The number of nitrogens with zero attached hydrogens (tertiary/aromatic N) is 6. The minimum atomic E-state index is -5.71. The van der Waals surface area contributed by atoms with E-state index in [1.165, 1.54) is 42.5 Å². The average molecular weight is 715 g/mol. The molecule has 16 heteroatoms. The molecule has 0 atom stereocenters. The SMILES string of the molecule is [C-]#[N+]C1=C(c2ccc(C)cc2)/C(=C(/C#N)[N+]#[C-])c2c1c(C(F)(F)F)c1c(c2C(F)(F)F)C(C#N)=C(c2ccc(OC(F)(F)F)cc2)/C1=C(\C#N)[N+]#[C-]. The van der Waals surface area contributed by atoms with Crippen molar-refractivity contribution in [3.63, 3.8) is 0 Å². The number of ether oxygens (including phenoxy) is 1. The van der Waals surface area contributed by atoms with Crippen molar-refractivity contribution in [2.45, 2.75) is 25.6 Å². The highest BCUT2D eigenvalue weighted by Crippen LogP contribution is 2.63. The summed E-state index contributed by atoms with van der Waals surface area (Å²) in [7, 11) is 0. The molecule has 0 bridgehead atoms. The first-order valence-corrected chi connectivity index (χ1v) is 14.0. The van der Waals surface area contributed by atoms with Crippen molar-refractivity contribution in [2.75, 3.05) is 0 Å². The summed E-state index contributed by atoms with van der Waals surface area (Å²) in [6.45, 7) is 24.7. The number of hydrogen-bond acceptors (Lipinski definition) is 4. The van der Waals surface area contributed by atoms with E-state index < -0.39 is 108 Å². The number of halogens is 9. The Bertz CT molecular complexity index is 2460.